The van der Waals surface area contributed by atoms with Gasteiger partial charge in [-0.3, -0.25) is 24.1 Å². The predicted octanol–water partition coefficient (Wildman–Crippen LogP) is 4.53. The Morgan fingerprint density at radius 1 is 1.20 bits per heavy atom. The van der Waals surface area contributed by atoms with Gasteiger partial charge in [0, 0.05) is 21.8 Å². The lowest BCUT2D eigenvalue weighted by atomic mass is 9.44. The van der Waals surface area contributed by atoms with Crippen molar-refractivity contribution in [3.63, 3.8) is 0 Å². The maximum absolute atomic E-state index is 17.5. The van der Waals surface area contributed by atoms with Crippen molar-refractivity contribution in [1.29, 1.82) is 0 Å². The van der Waals surface area contributed by atoms with Crippen LogP contribution in [0, 0.1) is 28.6 Å². The molecule has 1 aromatic carbocycles. The molecule has 3 fully saturated rings. The van der Waals surface area contributed by atoms with Crippen LogP contribution in [-0.4, -0.2) is 61.5 Å². The fourth-order valence-electron chi connectivity index (χ4n) is 8.32. The molecule has 4 aliphatic rings. The number of carbonyl (C=O) groups excluding carboxylic acids is 2. The Hall–Kier alpha value is -2.18. The number of rotatable bonds is 7. The summed E-state index contributed by atoms with van der Waals surface area (Å²) in [6, 6.07) is 6.46. The number of aliphatic hydroxyl groups excluding tert-OH is 1. The van der Waals surface area contributed by atoms with Crippen LogP contribution in [0.1, 0.15) is 40.0 Å². The molecular formula is C29H34ClF2NO7S. The van der Waals surface area contributed by atoms with Crippen LogP contribution in [0.2, 0.25) is 5.02 Å². The zero-order chi connectivity index (χ0) is 30.2. The number of allylic oxidation sites excluding steroid dienone is 4. The highest BCUT2D eigenvalue weighted by Crippen LogP contribution is 2.71. The number of halogens is 3. The summed E-state index contributed by atoms with van der Waals surface area (Å²) in [6.07, 6.45) is 0.882. The van der Waals surface area contributed by atoms with Crippen LogP contribution in [0.5, 0.6) is 0 Å². The van der Waals surface area contributed by atoms with E-state index < -0.39 is 80.4 Å². The van der Waals surface area contributed by atoms with Gasteiger partial charge >= 0.3 is 0 Å². The van der Waals surface area contributed by atoms with E-state index in [4.69, 9.17) is 20.6 Å². The van der Waals surface area contributed by atoms with E-state index in [1.807, 2.05) is 0 Å². The highest BCUT2D eigenvalue weighted by molar-refractivity contribution is 7.86. The first-order valence-corrected chi connectivity index (χ1v) is 15.7. The zero-order valence-electron chi connectivity index (χ0n) is 23.2. The minimum atomic E-state index is -4.00. The molecule has 2 N–H and O–H groups in total. The Labute approximate surface area is 243 Å². The quantitative estimate of drug-likeness (QED) is 0.340. The smallest absolute Gasteiger partial charge is 0.264 e. The van der Waals surface area contributed by atoms with Crippen LogP contribution < -0.4 is 5.48 Å². The van der Waals surface area contributed by atoms with Gasteiger partial charge in [0.2, 0.25) is 0 Å². The summed E-state index contributed by atoms with van der Waals surface area (Å²) < 4.78 is 61.8. The third-order valence-corrected chi connectivity index (χ3v) is 11.0. The number of alkyl halides is 2. The average Bonchev–Trinajstić information content (AvgIpc) is 3.11. The second kappa shape index (κ2) is 9.94. The summed E-state index contributed by atoms with van der Waals surface area (Å²) in [6.45, 7) is 4.10. The van der Waals surface area contributed by atoms with E-state index >= 15 is 8.78 Å². The van der Waals surface area contributed by atoms with Gasteiger partial charge in [-0.15, -0.1) is 0 Å². The van der Waals surface area contributed by atoms with Gasteiger partial charge in [-0.2, -0.15) is 8.42 Å². The number of Topliss-reactive ketones (excluding diaryl/α,β-unsaturated/α-hetero) is 1. The Bertz CT molecular complexity index is 1430. The van der Waals surface area contributed by atoms with Gasteiger partial charge in [-0.05, 0) is 80.0 Å². The van der Waals surface area contributed by atoms with E-state index in [2.05, 4.69) is 5.48 Å². The van der Waals surface area contributed by atoms with Gasteiger partial charge in [0.25, 0.3) is 10.1 Å². The van der Waals surface area contributed by atoms with Crippen LogP contribution in [-0.2, 0) is 28.7 Å². The lowest BCUT2D eigenvalue weighted by Crippen LogP contribution is -2.71. The normalized spacial score (nSPS) is 41.7. The molecule has 0 aromatic heterocycles. The number of aliphatic hydroxyl groups is 1. The van der Waals surface area contributed by atoms with E-state index in [0.29, 0.717) is 10.7 Å². The van der Waals surface area contributed by atoms with Crippen molar-refractivity contribution >= 4 is 39.0 Å². The summed E-state index contributed by atoms with van der Waals surface area (Å²) in [5, 5.41) is 12.1. The first kappa shape index (κ1) is 30.3. The van der Waals surface area contributed by atoms with E-state index in [1.54, 1.807) is 38.1 Å². The molecule has 0 radical (unpaired) electrons. The molecule has 0 heterocycles. The molecule has 4 aliphatic carbocycles. The summed E-state index contributed by atoms with van der Waals surface area (Å²) in [7, 11) is -4.00. The van der Waals surface area contributed by atoms with E-state index in [-0.39, 0.29) is 24.8 Å². The first-order valence-electron chi connectivity index (χ1n) is 13.5. The third-order valence-electron chi connectivity index (χ3n) is 10.2. The Morgan fingerprint density at radius 2 is 1.85 bits per heavy atom. The fraction of sp³-hybridized carbons (Fsp3) is 0.586. The van der Waals surface area contributed by atoms with Crippen LogP contribution >= 0.6 is 11.6 Å². The number of benzene rings is 1. The molecule has 41 heavy (non-hydrogen) atoms. The molecule has 9 atom stereocenters. The monoisotopic (exact) mass is 613 g/mol. The number of fused-ring (bicyclic) bond motifs is 5. The number of ketones is 2. The van der Waals surface area contributed by atoms with E-state index in [0.717, 1.165) is 12.3 Å². The number of hydrogen-bond donors (Lipinski definition) is 2. The molecule has 8 nitrogen and oxygen atoms in total. The summed E-state index contributed by atoms with van der Waals surface area (Å²) in [5.74, 6) is -3.46. The molecule has 0 bridgehead atoms. The molecule has 0 saturated heterocycles. The van der Waals surface area contributed by atoms with Crippen LogP contribution in [0.3, 0.4) is 0 Å². The first-order chi connectivity index (χ1) is 19.0. The van der Waals surface area contributed by atoms with Gasteiger partial charge in [0.15, 0.2) is 22.8 Å². The fourth-order valence-corrected chi connectivity index (χ4v) is 8.76. The molecule has 0 spiro atoms. The Morgan fingerprint density at radius 3 is 2.49 bits per heavy atom. The number of nitrogens with one attached hydrogen (secondary N) is 1. The van der Waals surface area contributed by atoms with Crippen molar-refractivity contribution in [2.24, 2.45) is 28.6 Å². The minimum absolute atomic E-state index is 0.00185. The summed E-state index contributed by atoms with van der Waals surface area (Å²) >= 11 is 5.99. The number of hydrogen-bond acceptors (Lipinski definition) is 8. The van der Waals surface area contributed by atoms with Crippen molar-refractivity contribution in [2.45, 2.75) is 63.6 Å². The molecule has 12 heteroatoms. The maximum atomic E-state index is 17.5. The Kier molecular flexibility index (Phi) is 7.34. The van der Waals surface area contributed by atoms with Crippen LogP contribution in [0.15, 0.2) is 48.1 Å². The number of carbonyl (C=O) groups is 2. The summed E-state index contributed by atoms with van der Waals surface area (Å²) in [5.41, 5.74) is -3.73. The molecule has 0 amide bonds. The topological polar surface area (TPSA) is 119 Å². The lowest BCUT2D eigenvalue weighted by molar-refractivity contribution is -0.228. The molecule has 9 unspecified atom stereocenters. The molecule has 0 aliphatic heterocycles. The molecule has 3 saturated carbocycles. The molecule has 5 rings (SSSR count). The van der Waals surface area contributed by atoms with Gasteiger partial charge in [-0.1, -0.05) is 31.5 Å². The van der Waals surface area contributed by atoms with Crippen molar-refractivity contribution in [3.05, 3.63) is 53.1 Å². The Balaban J connectivity index is 1.60. The molecule has 1 aromatic rings. The van der Waals surface area contributed by atoms with Crippen molar-refractivity contribution in [3.8, 4) is 0 Å². The average molecular weight is 614 g/mol. The van der Waals surface area contributed by atoms with Crippen molar-refractivity contribution in [1.82, 2.24) is 0 Å². The van der Waals surface area contributed by atoms with Crippen LogP contribution in [0.25, 0.3) is 0 Å². The number of anilines is 1. The van der Waals surface area contributed by atoms with Gasteiger partial charge in [-0.25, -0.2) is 8.78 Å². The second-order valence-corrected chi connectivity index (χ2v) is 14.4. The van der Waals surface area contributed by atoms with Gasteiger partial charge in [0.1, 0.15) is 12.8 Å². The second-order valence-electron chi connectivity index (χ2n) is 12.3. The third kappa shape index (κ3) is 4.42. The SMILES string of the molecule is CC1CC2C3CC(F)C4=CC(=O)C=CC4(C)C3(F)C(O)CC2(C)C1(ONc1ccc(Cl)cc1)C(=O)COS(C)(=O)=O. The largest absolute Gasteiger partial charge is 0.390 e. The molecular weight excluding hydrogens is 580 g/mol. The predicted molar refractivity (Wildman–Crippen MR) is 148 cm³/mol. The van der Waals surface area contributed by atoms with Gasteiger partial charge < -0.3 is 5.11 Å². The van der Waals surface area contributed by atoms with Crippen LogP contribution in [0.4, 0.5) is 14.5 Å². The van der Waals surface area contributed by atoms with Crippen molar-refractivity contribution < 1.29 is 40.9 Å². The summed E-state index contributed by atoms with van der Waals surface area (Å²) in [4.78, 5) is 32.4. The highest BCUT2D eigenvalue weighted by Gasteiger charge is 2.77. The maximum Gasteiger partial charge on any atom is 0.264 e. The molecule has 224 valence electrons. The van der Waals surface area contributed by atoms with Gasteiger partial charge in [0.05, 0.1) is 18.0 Å². The van der Waals surface area contributed by atoms with E-state index in [1.165, 1.54) is 19.1 Å². The lowest BCUT2D eigenvalue weighted by Gasteiger charge is -2.63. The minimum Gasteiger partial charge on any atom is -0.390 e. The van der Waals surface area contributed by atoms with Crippen molar-refractivity contribution in [2.75, 3.05) is 18.3 Å². The zero-order valence-corrected chi connectivity index (χ0v) is 24.8. The standard InChI is InChI=1S/C29H34ClF2NO7S/c1-16-11-20-21-13-23(31)22-12-19(34)9-10-26(22,2)28(21,32)24(35)14-27(20,3)29(16,25(36)15-39-41(4,37)38)40-33-18-7-5-17(30)6-8-18/h5-10,12,16,20-21,23-24,33,35H,11,13-15H2,1-4H3. The highest BCUT2D eigenvalue weighted by atomic mass is 35.5. The van der Waals surface area contributed by atoms with E-state index in [9.17, 15) is 23.1 Å².